The number of sulfonamides is 1. The van der Waals surface area contributed by atoms with E-state index in [0.717, 1.165) is 31.4 Å². The molecule has 0 aromatic heterocycles. The lowest BCUT2D eigenvalue weighted by atomic mass is 9.83. The number of carbonyl (C=O) groups is 1. The Morgan fingerprint density at radius 2 is 1.77 bits per heavy atom. The summed E-state index contributed by atoms with van der Waals surface area (Å²) < 4.78 is 29.9. The van der Waals surface area contributed by atoms with Gasteiger partial charge in [-0.2, -0.15) is 8.42 Å². The van der Waals surface area contributed by atoms with E-state index in [9.17, 15) is 13.2 Å². The molecule has 7 heteroatoms. The van der Waals surface area contributed by atoms with Crippen LogP contribution in [0.3, 0.4) is 0 Å². The van der Waals surface area contributed by atoms with Gasteiger partial charge in [-0.1, -0.05) is 42.8 Å². The summed E-state index contributed by atoms with van der Waals surface area (Å²) in [4.78, 5) is 14.9. The van der Waals surface area contributed by atoms with E-state index < -0.39 is 15.4 Å². The minimum atomic E-state index is -3.86. The zero-order valence-electron chi connectivity index (χ0n) is 17.8. The molecule has 0 bridgehead atoms. The lowest BCUT2D eigenvalue weighted by Gasteiger charge is -2.24. The Balaban J connectivity index is 1.83. The van der Waals surface area contributed by atoms with Crippen molar-refractivity contribution in [3.05, 3.63) is 60.2 Å². The highest BCUT2D eigenvalue weighted by atomic mass is 32.2. The summed E-state index contributed by atoms with van der Waals surface area (Å²) >= 11 is 0. The Hall–Kier alpha value is -2.67. The zero-order chi connectivity index (χ0) is 21.8. The number of amidine groups is 1. The fourth-order valence-corrected chi connectivity index (χ4v) is 4.58. The van der Waals surface area contributed by atoms with Crippen LogP contribution in [-0.4, -0.2) is 38.7 Å². The highest BCUT2D eigenvalue weighted by molar-refractivity contribution is 7.90. The van der Waals surface area contributed by atoms with E-state index in [4.69, 9.17) is 0 Å². The molecule has 0 atom stereocenters. The third-order valence-corrected chi connectivity index (χ3v) is 6.81. The Kier molecular flexibility index (Phi) is 6.61. The predicted octanol–water partition coefficient (Wildman–Crippen LogP) is 4.20. The van der Waals surface area contributed by atoms with Crippen LogP contribution >= 0.6 is 0 Å². The van der Waals surface area contributed by atoms with Crippen LogP contribution in [0.5, 0.6) is 0 Å². The van der Waals surface area contributed by atoms with Crippen LogP contribution < -0.4 is 5.32 Å². The first-order chi connectivity index (χ1) is 14.2. The van der Waals surface area contributed by atoms with Gasteiger partial charge in [0.25, 0.3) is 10.0 Å². The molecule has 0 aliphatic carbocycles. The summed E-state index contributed by atoms with van der Waals surface area (Å²) in [6, 6.07) is 15.8. The number of rotatable bonds is 5. The molecule has 2 aromatic rings. The molecule has 1 amide bonds. The summed E-state index contributed by atoms with van der Waals surface area (Å²) in [5.41, 5.74) is 0.549. The van der Waals surface area contributed by atoms with Crippen molar-refractivity contribution in [1.29, 1.82) is 0 Å². The lowest BCUT2D eigenvalue weighted by molar-refractivity contribution is -0.120. The van der Waals surface area contributed by atoms with Gasteiger partial charge in [0.05, 0.1) is 10.3 Å². The maximum atomic E-state index is 12.9. The van der Waals surface area contributed by atoms with Crippen molar-refractivity contribution < 1.29 is 13.2 Å². The number of benzene rings is 2. The quantitative estimate of drug-likeness (QED) is 0.776. The van der Waals surface area contributed by atoms with Crippen LogP contribution in [0.15, 0.2) is 63.9 Å². The largest absolute Gasteiger partial charge is 0.362 e. The van der Waals surface area contributed by atoms with Crippen molar-refractivity contribution in [3.63, 3.8) is 0 Å². The molecule has 160 valence electrons. The van der Waals surface area contributed by atoms with Crippen molar-refractivity contribution in [1.82, 2.24) is 4.90 Å². The molecule has 1 aliphatic rings. The van der Waals surface area contributed by atoms with E-state index >= 15 is 0 Å². The van der Waals surface area contributed by atoms with Crippen LogP contribution in [0.2, 0.25) is 0 Å². The normalized spacial score (nSPS) is 16.9. The monoisotopic (exact) mass is 427 g/mol. The number of likely N-dealkylation sites (tertiary alicyclic amines) is 1. The molecule has 1 aliphatic heterocycles. The van der Waals surface area contributed by atoms with Crippen LogP contribution in [0.4, 0.5) is 5.69 Å². The second-order valence-corrected chi connectivity index (χ2v) is 9.79. The van der Waals surface area contributed by atoms with Crippen LogP contribution in [0, 0.1) is 0 Å². The van der Waals surface area contributed by atoms with E-state index in [2.05, 4.69) is 9.71 Å². The second kappa shape index (κ2) is 9.00. The van der Waals surface area contributed by atoms with E-state index in [0.29, 0.717) is 17.9 Å². The molecular formula is C23H29N3O3S. The number of nitrogens with zero attached hydrogens (tertiary/aromatic N) is 2. The van der Waals surface area contributed by atoms with Gasteiger partial charge in [-0.05, 0) is 50.5 Å². The molecular weight excluding hydrogens is 398 g/mol. The van der Waals surface area contributed by atoms with Gasteiger partial charge in [-0.3, -0.25) is 4.79 Å². The number of amides is 1. The number of hydrogen-bond donors (Lipinski definition) is 1. The number of hydrogen-bond acceptors (Lipinski definition) is 3. The Labute approximate surface area is 179 Å². The number of nitrogens with one attached hydrogen (secondary N) is 1. The third-order valence-electron chi connectivity index (χ3n) is 5.51. The molecule has 1 N–H and O–H groups in total. The molecule has 0 saturated carbocycles. The fraction of sp³-hybridized carbons (Fsp3) is 0.391. The van der Waals surface area contributed by atoms with Crippen molar-refractivity contribution in [2.75, 3.05) is 18.9 Å². The van der Waals surface area contributed by atoms with Crippen molar-refractivity contribution in [2.24, 2.45) is 4.40 Å². The van der Waals surface area contributed by atoms with Gasteiger partial charge in [0.1, 0.15) is 5.84 Å². The van der Waals surface area contributed by atoms with E-state index in [1.165, 1.54) is 12.1 Å². The maximum Gasteiger partial charge on any atom is 0.284 e. The van der Waals surface area contributed by atoms with Crippen LogP contribution in [0.25, 0.3) is 0 Å². The van der Waals surface area contributed by atoms with Gasteiger partial charge in [0.15, 0.2) is 0 Å². The van der Waals surface area contributed by atoms with Crippen molar-refractivity contribution in [2.45, 2.75) is 49.8 Å². The highest BCUT2D eigenvalue weighted by Gasteiger charge is 2.30. The van der Waals surface area contributed by atoms with Gasteiger partial charge >= 0.3 is 0 Å². The standard InChI is InChI=1S/C23H29N3O3S/c1-23(2,18-11-6-4-7-12-18)22(27)24-19-13-10-14-20(17-19)30(28,29)25-21-15-8-5-9-16-26(21)3/h4,6-7,10-14,17H,5,8-9,15-16H2,1-3H3,(H,24,27)/b25-21-. The Morgan fingerprint density at radius 3 is 2.50 bits per heavy atom. The molecule has 0 unspecified atom stereocenters. The summed E-state index contributed by atoms with van der Waals surface area (Å²) in [5, 5.41) is 2.85. The number of carbonyl (C=O) groups excluding carboxylic acids is 1. The summed E-state index contributed by atoms with van der Waals surface area (Å²) in [6.07, 6.45) is 3.69. The zero-order valence-corrected chi connectivity index (χ0v) is 18.6. The van der Waals surface area contributed by atoms with Gasteiger partial charge in [0, 0.05) is 25.7 Å². The molecule has 0 spiro atoms. The molecule has 1 saturated heterocycles. The predicted molar refractivity (Wildman–Crippen MR) is 120 cm³/mol. The van der Waals surface area contributed by atoms with E-state index in [1.807, 2.05) is 56.1 Å². The maximum absolute atomic E-state index is 12.9. The smallest absolute Gasteiger partial charge is 0.284 e. The minimum absolute atomic E-state index is 0.0722. The average molecular weight is 428 g/mol. The van der Waals surface area contributed by atoms with Crippen molar-refractivity contribution >= 4 is 27.5 Å². The third kappa shape index (κ3) is 5.08. The van der Waals surface area contributed by atoms with Crippen LogP contribution in [-0.2, 0) is 20.2 Å². The summed E-state index contributed by atoms with van der Waals surface area (Å²) in [7, 11) is -1.98. The molecule has 1 fully saturated rings. The number of anilines is 1. The first-order valence-electron chi connectivity index (χ1n) is 10.2. The summed E-state index contributed by atoms with van der Waals surface area (Å²) in [5.74, 6) is 0.380. The summed E-state index contributed by atoms with van der Waals surface area (Å²) in [6.45, 7) is 4.48. The highest BCUT2D eigenvalue weighted by Crippen LogP contribution is 2.26. The SMILES string of the molecule is CN1CCCCC/C1=N/S(=O)(=O)c1cccc(NC(=O)C(C)(C)c2ccccc2)c1. The topological polar surface area (TPSA) is 78.8 Å². The fourth-order valence-electron chi connectivity index (χ4n) is 3.44. The molecule has 30 heavy (non-hydrogen) atoms. The molecule has 6 nitrogen and oxygen atoms in total. The van der Waals surface area contributed by atoms with Gasteiger partial charge in [-0.15, -0.1) is 4.40 Å². The van der Waals surface area contributed by atoms with Gasteiger partial charge < -0.3 is 10.2 Å². The first kappa shape index (κ1) is 22.0. The minimum Gasteiger partial charge on any atom is -0.362 e. The molecule has 0 radical (unpaired) electrons. The average Bonchev–Trinajstić information content (AvgIpc) is 2.92. The lowest BCUT2D eigenvalue weighted by Crippen LogP contribution is -2.34. The van der Waals surface area contributed by atoms with Crippen LogP contribution in [0.1, 0.15) is 45.1 Å². The van der Waals surface area contributed by atoms with Gasteiger partial charge in [-0.25, -0.2) is 0 Å². The Morgan fingerprint density at radius 1 is 1.03 bits per heavy atom. The molecule has 2 aromatic carbocycles. The van der Waals surface area contributed by atoms with E-state index in [-0.39, 0.29) is 10.8 Å². The van der Waals surface area contributed by atoms with Crippen molar-refractivity contribution in [3.8, 4) is 0 Å². The second-order valence-electron chi connectivity index (χ2n) is 8.19. The molecule has 1 heterocycles. The first-order valence-corrected chi connectivity index (χ1v) is 11.7. The Bertz CT molecular complexity index is 1030. The molecule has 3 rings (SSSR count). The van der Waals surface area contributed by atoms with E-state index in [1.54, 1.807) is 12.1 Å². The van der Waals surface area contributed by atoms with Gasteiger partial charge in [0.2, 0.25) is 5.91 Å².